The Hall–Kier alpha value is -0.340. The maximum absolute atomic E-state index is 5.78. The fourth-order valence-electron chi connectivity index (χ4n) is 1.89. The van der Waals surface area contributed by atoms with Gasteiger partial charge in [-0.3, -0.25) is 0 Å². The minimum absolute atomic E-state index is 0.384. The zero-order valence-corrected chi connectivity index (χ0v) is 8.50. The summed E-state index contributed by atoms with van der Waals surface area (Å²) in [6.45, 7) is 5.21. The summed E-state index contributed by atoms with van der Waals surface area (Å²) in [7, 11) is 0. The number of nitrogens with two attached hydrogens (primary N) is 1. The van der Waals surface area contributed by atoms with Crippen LogP contribution in [0.2, 0.25) is 0 Å². The molecule has 2 rings (SSSR count). The summed E-state index contributed by atoms with van der Waals surface area (Å²) in [5.41, 5.74) is 7.69. The van der Waals surface area contributed by atoms with E-state index in [0.29, 0.717) is 5.41 Å². The van der Waals surface area contributed by atoms with Crippen LogP contribution in [-0.2, 0) is 5.41 Å². The maximum Gasteiger partial charge on any atom is 0.00871 e. The normalized spacial score (nSPS) is 19.6. The van der Waals surface area contributed by atoms with E-state index in [2.05, 4.69) is 19.9 Å². The van der Waals surface area contributed by atoms with E-state index in [1.165, 1.54) is 28.2 Å². The van der Waals surface area contributed by atoms with Crippen LogP contribution in [-0.4, -0.2) is 6.54 Å². The molecule has 0 atom stereocenters. The molecule has 1 aromatic heterocycles. The molecule has 0 aromatic carbocycles. The van der Waals surface area contributed by atoms with Gasteiger partial charge in [0.05, 0.1) is 0 Å². The molecule has 0 aliphatic heterocycles. The first-order valence-electron chi connectivity index (χ1n) is 4.45. The highest BCUT2D eigenvalue weighted by Gasteiger charge is 2.44. The van der Waals surface area contributed by atoms with Crippen molar-refractivity contribution in [3.05, 3.63) is 21.4 Å². The van der Waals surface area contributed by atoms with E-state index in [0.717, 1.165) is 6.54 Å². The molecule has 0 unspecified atom stereocenters. The Balaban J connectivity index is 2.39. The Morgan fingerprint density at radius 1 is 1.50 bits per heavy atom. The summed E-state index contributed by atoms with van der Waals surface area (Å²) in [6, 6.07) is 2.32. The number of hydrogen-bond acceptors (Lipinski definition) is 2. The Kier molecular flexibility index (Phi) is 1.77. The average Bonchev–Trinajstić information content (AvgIpc) is 2.74. The molecule has 0 radical (unpaired) electrons. The van der Waals surface area contributed by atoms with E-state index in [4.69, 9.17) is 5.73 Å². The van der Waals surface area contributed by atoms with Crippen LogP contribution in [0.4, 0.5) is 0 Å². The van der Waals surface area contributed by atoms with E-state index in [1.54, 1.807) is 0 Å². The van der Waals surface area contributed by atoms with Crippen molar-refractivity contribution in [3.8, 4) is 0 Å². The van der Waals surface area contributed by atoms with Crippen LogP contribution >= 0.6 is 11.3 Å². The van der Waals surface area contributed by atoms with Gasteiger partial charge < -0.3 is 5.73 Å². The van der Waals surface area contributed by atoms with Crippen LogP contribution in [0.25, 0.3) is 0 Å². The van der Waals surface area contributed by atoms with Gasteiger partial charge in [-0.15, -0.1) is 11.3 Å². The summed E-state index contributed by atoms with van der Waals surface area (Å²) in [4.78, 5) is 2.89. The Morgan fingerprint density at radius 3 is 2.50 bits per heavy atom. The third-order valence-electron chi connectivity index (χ3n) is 2.86. The summed E-state index contributed by atoms with van der Waals surface area (Å²) in [5.74, 6) is 0. The molecule has 0 bridgehead atoms. The minimum Gasteiger partial charge on any atom is -0.330 e. The number of hydrogen-bond donors (Lipinski definition) is 1. The van der Waals surface area contributed by atoms with Crippen LogP contribution in [0.1, 0.15) is 28.2 Å². The molecule has 12 heavy (non-hydrogen) atoms. The van der Waals surface area contributed by atoms with Crippen molar-refractivity contribution in [1.82, 2.24) is 0 Å². The second-order valence-corrected chi connectivity index (χ2v) is 5.27. The second kappa shape index (κ2) is 2.57. The number of thiophene rings is 1. The van der Waals surface area contributed by atoms with Gasteiger partial charge in [-0.05, 0) is 38.3 Å². The third-order valence-corrected chi connectivity index (χ3v) is 3.82. The van der Waals surface area contributed by atoms with E-state index in [-0.39, 0.29) is 0 Å². The quantitative estimate of drug-likeness (QED) is 0.744. The lowest BCUT2D eigenvalue weighted by molar-refractivity contribution is 0.703. The van der Waals surface area contributed by atoms with Gasteiger partial charge in [-0.1, -0.05) is 0 Å². The molecule has 1 saturated carbocycles. The molecule has 1 aliphatic rings. The molecule has 0 saturated heterocycles. The van der Waals surface area contributed by atoms with Crippen molar-refractivity contribution >= 4 is 11.3 Å². The van der Waals surface area contributed by atoms with Gasteiger partial charge in [0.1, 0.15) is 0 Å². The molecule has 0 spiro atoms. The first-order chi connectivity index (χ1) is 5.68. The van der Waals surface area contributed by atoms with Crippen molar-refractivity contribution in [2.45, 2.75) is 32.1 Å². The maximum atomic E-state index is 5.78. The van der Waals surface area contributed by atoms with Gasteiger partial charge >= 0.3 is 0 Å². The van der Waals surface area contributed by atoms with Gasteiger partial charge in [0, 0.05) is 21.7 Å². The summed E-state index contributed by atoms with van der Waals surface area (Å²) < 4.78 is 0. The minimum atomic E-state index is 0.384. The van der Waals surface area contributed by atoms with E-state index in [1.807, 2.05) is 11.3 Å². The summed E-state index contributed by atoms with van der Waals surface area (Å²) >= 11 is 1.90. The van der Waals surface area contributed by atoms with Crippen molar-refractivity contribution in [2.24, 2.45) is 5.73 Å². The molecule has 1 fully saturated rings. The first-order valence-corrected chi connectivity index (χ1v) is 5.27. The molecule has 1 aromatic rings. The monoisotopic (exact) mass is 181 g/mol. The molecular weight excluding hydrogens is 166 g/mol. The molecule has 2 heteroatoms. The van der Waals surface area contributed by atoms with Gasteiger partial charge in [0.25, 0.3) is 0 Å². The average molecular weight is 181 g/mol. The number of aryl methyl sites for hydroxylation is 2. The van der Waals surface area contributed by atoms with Crippen LogP contribution in [0, 0.1) is 13.8 Å². The highest BCUT2D eigenvalue weighted by atomic mass is 32.1. The van der Waals surface area contributed by atoms with Crippen LogP contribution in [0.3, 0.4) is 0 Å². The molecule has 0 amide bonds. The van der Waals surface area contributed by atoms with E-state index >= 15 is 0 Å². The van der Waals surface area contributed by atoms with Crippen LogP contribution < -0.4 is 5.73 Å². The van der Waals surface area contributed by atoms with E-state index < -0.39 is 0 Å². The zero-order chi connectivity index (χ0) is 8.77. The summed E-state index contributed by atoms with van der Waals surface area (Å²) in [5, 5.41) is 0. The Bertz CT molecular complexity index is 297. The molecule has 66 valence electrons. The molecular formula is C10H15NS. The smallest absolute Gasteiger partial charge is 0.00871 e. The van der Waals surface area contributed by atoms with Gasteiger partial charge in [-0.25, -0.2) is 0 Å². The van der Waals surface area contributed by atoms with Crippen molar-refractivity contribution in [1.29, 1.82) is 0 Å². The molecule has 1 nitrogen and oxygen atoms in total. The van der Waals surface area contributed by atoms with Crippen molar-refractivity contribution in [3.63, 3.8) is 0 Å². The van der Waals surface area contributed by atoms with Crippen LogP contribution in [0.15, 0.2) is 6.07 Å². The third kappa shape index (κ3) is 1.10. The lowest BCUT2D eigenvalue weighted by atomic mass is 9.97. The second-order valence-electron chi connectivity index (χ2n) is 3.81. The largest absolute Gasteiger partial charge is 0.330 e. The van der Waals surface area contributed by atoms with Gasteiger partial charge in [0.15, 0.2) is 0 Å². The fraction of sp³-hybridized carbons (Fsp3) is 0.600. The number of rotatable bonds is 2. The highest BCUT2D eigenvalue weighted by Crippen LogP contribution is 2.49. The Morgan fingerprint density at radius 2 is 2.17 bits per heavy atom. The topological polar surface area (TPSA) is 26.0 Å². The lowest BCUT2D eigenvalue weighted by Gasteiger charge is -2.11. The Labute approximate surface area is 77.6 Å². The van der Waals surface area contributed by atoms with Crippen molar-refractivity contribution in [2.75, 3.05) is 6.54 Å². The van der Waals surface area contributed by atoms with Gasteiger partial charge in [0.2, 0.25) is 0 Å². The predicted molar refractivity (Wildman–Crippen MR) is 53.8 cm³/mol. The highest BCUT2D eigenvalue weighted by molar-refractivity contribution is 7.12. The lowest BCUT2D eigenvalue weighted by Crippen LogP contribution is -2.19. The van der Waals surface area contributed by atoms with E-state index in [9.17, 15) is 0 Å². The summed E-state index contributed by atoms with van der Waals surface area (Å²) in [6.07, 6.45) is 2.58. The predicted octanol–water partition coefficient (Wildman–Crippen LogP) is 2.36. The zero-order valence-electron chi connectivity index (χ0n) is 7.68. The molecule has 1 aliphatic carbocycles. The molecule has 1 heterocycles. The SMILES string of the molecule is Cc1cc(C2(CN)CC2)c(C)s1. The van der Waals surface area contributed by atoms with Crippen molar-refractivity contribution < 1.29 is 0 Å². The van der Waals surface area contributed by atoms with Gasteiger partial charge in [-0.2, -0.15) is 0 Å². The first kappa shape index (κ1) is 8.27. The standard InChI is InChI=1S/C10H15NS/c1-7-5-9(8(2)12-7)10(6-11)3-4-10/h5H,3-4,6,11H2,1-2H3. The molecule has 2 N–H and O–H groups in total. The van der Waals surface area contributed by atoms with Crippen LogP contribution in [0.5, 0.6) is 0 Å². The fourth-order valence-corrected chi connectivity index (χ4v) is 2.94.